The van der Waals surface area contributed by atoms with Gasteiger partial charge in [0.25, 0.3) is 0 Å². The molecule has 0 aliphatic heterocycles. The minimum absolute atomic E-state index is 0.640. The van der Waals surface area contributed by atoms with Crippen LogP contribution in [-0.2, 0) is 0 Å². The lowest BCUT2D eigenvalue weighted by molar-refractivity contribution is 0.733. The van der Waals surface area contributed by atoms with Gasteiger partial charge in [0.15, 0.2) is 0 Å². The number of allylic oxidation sites excluding steroid dienone is 5. The van der Waals surface area contributed by atoms with Crippen molar-refractivity contribution < 1.29 is 0 Å². The van der Waals surface area contributed by atoms with Gasteiger partial charge in [0.05, 0.1) is 0 Å². The van der Waals surface area contributed by atoms with Crippen LogP contribution < -0.4 is 0 Å². The minimum atomic E-state index is 0.640. The third kappa shape index (κ3) is 4.43. The topological polar surface area (TPSA) is 0 Å². The summed E-state index contributed by atoms with van der Waals surface area (Å²) in [5.74, 6) is 0.640. The van der Waals surface area contributed by atoms with Crippen molar-refractivity contribution in [3.63, 3.8) is 0 Å². The summed E-state index contributed by atoms with van der Waals surface area (Å²) in [7, 11) is 0. The van der Waals surface area contributed by atoms with Gasteiger partial charge in [-0.2, -0.15) is 0 Å². The Balaban J connectivity index is 1.43. The van der Waals surface area contributed by atoms with Crippen LogP contribution in [0.25, 0.3) is 50.5 Å². The van der Waals surface area contributed by atoms with E-state index < -0.39 is 0 Å². The Bertz CT molecular complexity index is 1680. The minimum Gasteiger partial charge on any atom is -0.0808 e. The smallest absolute Gasteiger partial charge is 0.00930 e. The highest BCUT2D eigenvalue weighted by molar-refractivity contribution is 6.25. The lowest BCUT2D eigenvalue weighted by atomic mass is 9.92. The molecule has 0 spiro atoms. The summed E-state index contributed by atoms with van der Waals surface area (Å²) in [6.07, 6.45) is 16.9. The standard InChI is InChI=1S/C36H30/c1-25-7-11-27(12-8-25)15-17-29-19-21-33-34-22-20-30(18-16-28-13-9-26(2)10-14-28)24-36(34)32-6-4-3-5-31(32)35(33)23-29/h3-9,11-24,26H,10H2,1-2H3/b17-15+,18-16+. The zero-order valence-corrected chi connectivity index (χ0v) is 20.9. The van der Waals surface area contributed by atoms with Crippen LogP contribution in [0, 0.1) is 12.8 Å². The van der Waals surface area contributed by atoms with Crippen molar-refractivity contribution in [2.45, 2.75) is 20.3 Å². The van der Waals surface area contributed by atoms with Gasteiger partial charge in [-0.25, -0.2) is 0 Å². The van der Waals surface area contributed by atoms with Gasteiger partial charge in [-0.3, -0.25) is 0 Å². The van der Waals surface area contributed by atoms with Gasteiger partial charge < -0.3 is 0 Å². The van der Waals surface area contributed by atoms with Crippen molar-refractivity contribution in [1.82, 2.24) is 0 Å². The number of rotatable bonds is 4. The molecule has 0 N–H and O–H groups in total. The van der Waals surface area contributed by atoms with Crippen molar-refractivity contribution in [2.75, 3.05) is 0 Å². The molecular formula is C36H30. The summed E-state index contributed by atoms with van der Waals surface area (Å²) in [5, 5.41) is 7.84. The SMILES string of the molecule is Cc1ccc(/C=C/c2ccc3c4ccc(/C=C/C5=CCC(C)C=C5)cc4c4ccccc4c3c2)cc1. The average Bonchev–Trinajstić information content (AvgIpc) is 2.92. The van der Waals surface area contributed by atoms with E-state index in [0.717, 1.165) is 6.42 Å². The maximum absolute atomic E-state index is 2.34. The largest absolute Gasteiger partial charge is 0.0808 e. The number of hydrogen-bond donors (Lipinski definition) is 0. The highest BCUT2D eigenvalue weighted by Crippen LogP contribution is 2.36. The van der Waals surface area contributed by atoms with Crippen molar-refractivity contribution in [3.8, 4) is 0 Å². The molecule has 5 aromatic rings. The Kier molecular flexibility index (Phi) is 5.87. The molecule has 0 heteroatoms. The van der Waals surface area contributed by atoms with Crippen LogP contribution in [0.15, 0.2) is 115 Å². The van der Waals surface area contributed by atoms with E-state index in [1.54, 1.807) is 0 Å². The van der Waals surface area contributed by atoms with Crippen LogP contribution >= 0.6 is 0 Å². The first kappa shape index (κ1) is 22.3. The molecule has 0 amide bonds. The predicted molar refractivity (Wildman–Crippen MR) is 159 cm³/mol. The summed E-state index contributed by atoms with van der Waals surface area (Å²) in [6, 6.07) is 31.2. The number of aryl methyl sites for hydroxylation is 1. The van der Waals surface area contributed by atoms with Gasteiger partial charge in [-0.15, -0.1) is 0 Å². The van der Waals surface area contributed by atoms with E-state index in [-0.39, 0.29) is 0 Å². The van der Waals surface area contributed by atoms with E-state index in [9.17, 15) is 0 Å². The Morgan fingerprint density at radius 3 is 1.69 bits per heavy atom. The maximum atomic E-state index is 2.34. The van der Waals surface area contributed by atoms with Crippen LogP contribution in [0.4, 0.5) is 0 Å². The summed E-state index contributed by atoms with van der Waals surface area (Å²) in [6.45, 7) is 4.38. The summed E-state index contributed by atoms with van der Waals surface area (Å²) < 4.78 is 0. The third-order valence-electron chi connectivity index (χ3n) is 7.24. The van der Waals surface area contributed by atoms with E-state index in [1.807, 2.05) is 0 Å². The lowest BCUT2D eigenvalue weighted by Crippen LogP contribution is -1.92. The predicted octanol–water partition coefficient (Wildman–Crippen LogP) is 10.2. The number of hydrogen-bond acceptors (Lipinski definition) is 0. The van der Waals surface area contributed by atoms with Crippen molar-refractivity contribution in [2.24, 2.45) is 5.92 Å². The quantitative estimate of drug-likeness (QED) is 0.184. The van der Waals surface area contributed by atoms with Crippen molar-refractivity contribution in [3.05, 3.63) is 137 Å². The first-order chi connectivity index (χ1) is 17.6. The van der Waals surface area contributed by atoms with Crippen LogP contribution in [-0.4, -0.2) is 0 Å². The molecule has 5 aromatic carbocycles. The molecule has 1 atom stereocenters. The van der Waals surface area contributed by atoms with Gasteiger partial charge in [-0.05, 0) is 86.0 Å². The van der Waals surface area contributed by atoms with Crippen LogP contribution in [0.2, 0.25) is 0 Å². The van der Waals surface area contributed by atoms with Crippen LogP contribution in [0.1, 0.15) is 35.6 Å². The summed E-state index contributed by atoms with van der Waals surface area (Å²) in [5.41, 5.74) is 6.25. The fourth-order valence-electron chi connectivity index (χ4n) is 5.13. The fourth-order valence-corrected chi connectivity index (χ4v) is 5.13. The Morgan fingerprint density at radius 1 is 0.583 bits per heavy atom. The molecule has 0 saturated heterocycles. The van der Waals surface area contributed by atoms with Crippen LogP contribution in [0.3, 0.4) is 0 Å². The fraction of sp³-hybridized carbons (Fsp3) is 0.111. The lowest BCUT2D eigenvalue weighted by Gasteiger charge is -2.12. The normalized spacial score (nSPS) is 16.1. The van der Waals surface area contributed by atoms with Gasteiger partial charge >= 0.3 is 0 Å². The van der Waals surface area contributed by atoms with Gasteiger partial charge in [0, 0.05) is 0 Å². The molecule has 0 fully saturated rings. The average molecular weight is 463 g/mol. The molecule has 36 heavy (non-hydrogen) atoms. The molecule has 0 radical (unpaired) electrons. The number of fused-ring (bicyclic) bond motifs is 6. The number of benzene rings is 5. The monoisotopic (exact) mass is 462 g/mol. The zero-order chi connectivity index (χ0) is 24.5. The second-order valence-electron chi connectivity index (χ2n) is 10.0. The molecule has 0 nitrogen and oxygen atoms in total. The van der Waals surface area contributed by atoms with Gasteiger partial charge in [0.1, 0.15) is 0 Å². The Labute approximate surface area is 213 Å². The van der Waals surface area contributed by atoms with E-state index in [1.165, 1.54) is 60.1 Å². The third-order valence-corrected chi connectivity index (χ3v) is 7.24. The molecule has 1 aliphatic rings. The van der Waals surface area contributed by atoms with Crippen molar-refractivity contribution >= 4 is 50.5 Å². The first-order valence-electron chi connectivity index (χ1n) is 12.8. The van der Waals surface area contributed by atoms with Gasteiger partial charge in [-0.1, -0.05) is 128 Å². The first-order valence-corrected chi connectivity index (χ1v) is 12.8. The second kappa shape index (κ2) is 9.47. The molecule has 1 aliphatic carbocycles. The molecule has 174 valence electrons. The second-order valence-corrected chi connectivity index (χ2v) is 10.0. The molecule has 6 rings (SSSR count). The Hall–Kier alpha value is -4.16. The molecule has 0 heterocycles. The summed E-state index contributed by atoms with van der Waals surface area (Å²) >= 11 is 0. The van der Waals surface area contributed by atoms with E-state index >= 15 is 0 Å². The summed E-state index contributed by atoms with van der Waals surface area (Å²) in [4.78, 5) is 0. The molecule has 1 unspecified atom stereocenters. The van der Waals surface area contributed by atoms with Crippen molar-refractivity contribution in [1.29, 1.82) is 0 Å². The zero-order valence-electron chi connectivity index (χ0n) is 20.9. The van der Waals surface area contributed by atoms with E-state index in [0.29, 0.717) is 5.92 Å². The maximum Gasteiger partial charge on any atom is -0.00930 e. The highest BCUT2D eigenvalue weighted by Gasteiger charge is 2.09. The van der Waals surface area contributed by atoms with E-state index in [4.69, 9.17) is 0 Å². The molecule has 0 bridgehead atoms. The van der Waals surface area contributed by atoms with E-state index in [2.05, 4.69) is 141 Å². The highest BCUT2D eigenvalue weighted by atomic mass is 14.1. The molecule has 0 aromatic heterocycles. The Morgan fingerprint density at radius 2 is 1.11 bits per heavy atom. The van der Waals surface area contributed by atoms with Crippen LogP contribution in [0.5, 0.6) is 0 Å². The molecule has 0 saturated carbocycles. The molecular weight excluding hydrogens is 432 g/mol. The van der Waals surface area contributed by atoms with Gasteiger partial charge in [0.2, 0.25) is 0 Å².